The molecule has 2 aromatic carbocycles. The monoisotopic (exact) mass is 495 g/mol. The molecule has 1 aromatic heterocycles. The second-order valence-corrected chi connectivity index (χ2v) is 8.32. The van der Waals surface area contributed by atoms with Crippen LogP contribution < -0.4 is 10.6 Å². The summed E-state index contributed by atoms with van der Waals surface area (Å²) in [7, 11) is 1.21. The molecule has 2 heterocycles. The smallest absolute Gasteiger partial charge is 0.308 e. The third kappa shape index (κ3) is 4.64. The molecule has 36 heavy (non-hydrogen) atoms. The molecule has 2 N–H and O–H groups in total. The Bertz CT molecular complexity index is 1370. The maximum atomic E-state index is 14.7. The van der Waals surface area contributed by atoms with Crippen molar-refractivity contribution < 1.29 is 28.3 Å². The molecule has 4 rings (SSSR count). The molecule has 0 aliphatic carbocycles. The zero-order chi connectivity index (χ0) is 26.0. The number of amides is 3. The molecular formula is C25H26FN5O5. The number of aryl methyl sites for hydroxylation is 1. The van der Waals surface area contributed by atoms with Gasteiger partial charge in [0.1, 0.15) is 17.7 Å². The number of esters is 1. The predicted octanol–water partition coefficient (Wildman–Crippen LogP) is 2.32. The number of carbonyl (C=O) groups excluding carboxylic acids is 4. The topological polar surface area (TPSA) is 123 Å². The number of anilines is 1. The van der Waals surface area contributed by atoms with Gasteiger partial charge in [-0.2, -0.15) is 0 Å². The fraction of sp³-hybridized carbons (Fsp3) is 0.320. The number of ether oxygens (including phenoxy) is 1. The van der Waals surface area contributed by atoms with Gasteiger partial charge in [0.15, 0.2) is 0 Å². The van der Waals surface area contributed by atoms with Crippen molar-refractivity contribution in [2.24, 2.45) is 0 Å². The summed E-state index contributed by atoms with van der Waals surface area (Å²) >= 11 is 0. The first-order valence-corrected chi connectivity index (χ1v) is 11.5. The predicted molar refractivity (Wildman–Crippen MR) is 130 cm³/mol. The number of nitrogens with one attached hydrogen (secondary N) is 2. The molecule has 1 saturated heterocycles. The van der Waals surface area contributed by atoms with E-state index in [9.17, 15) is 23.6 Å². The van der Waals surface area contributed by atoms with Crippen LogP contribution in [0.3, 0.4) is 0 Å². The van der Waals surface area contributed by atoms with Crippen LogP contribution in [0.25, 0.3) is 22.4 Å². The summed E-state index contributed by atoms with van der Waals surface area (Å²) in [5.74, 6) is -2.12. The van der Waals surface area contributed by atoms with Crippen molar-refractivity contribution in [1.29, 1.82) is 0 Å². The quantitative estimate of drug-likeness (QED) is 0.506. The maximum Gasteiger partial charge on any atom is 0.308 e. The molecule has 1 atom stereocenters. The molecule has 0 bridgehead atoms. The van der Waals surface area contributed by atoms with Gasteiger partial charge in [0.2, 0.25) is 11.8 Å². The van der Waals surface area contributed by atoms with Crippen molar-refractivity contribution in [3.63, 3.8) is 0 Å². The summed E-state index contributed by atoms with van der Waals surface area (Å²) in [6.07, 6.45) is -0.309. The fourth-order valence-electron chi connectivity index (χ4n) is 4.42. The van der Waals surface area contributed by atoms with Crippen molar-refractivity contribution in [3.8, 4) is 11.4 Å². The molecule has 3 amide bonds. The van der Waals surface area contributed by atoms with Gasteiger partial charge in [-0.1, -0.05) is 12.1 Å². The lowest BCUT2D eigenvalue weighted by Gasteiger charge is -2.34. The van der Waals surface area contributed by atoms with E-state index in [0.29, 0.717) is 29.1 Å². The Labute approximate surface area is 206 Å². The summed E-state index contributed by atoms with van der Waals surface area (Å²) in [6.45, 7) is 3.92. The summed E-state index contributed by atoms with van der Waals surface area (Å²) in [5, 5.41) is 5.34. The first kappa shape index (κ1) is 24.8. The molecule has 0 saturated carbocycles. The van der Waals surface area contributed by atoms with E-state index in [4.69, 9.17) is 4.74 Å². The largest absolute Gasteiger partial charge is 0.469 e. The summed E-state index contributed by atoms with van der Waals surface area (Å²) in [6, 6.07) is 8.24. The Hall–Kier alpha value is -4.28. The molecule has 1 fully saturated rings. The van der Waals surface area contributed by atoms with Crippen LogP contribution in [0.4, 0.5) is 10.1 Å². The minimum atomic E-state index is -1.07. The first-order valence-electron chi connectivity index (χ1n) is 11.5. The highest BCUT2D eigenvalue weighted by Gasteiger charge is 2.37. The number of benzene rings is 2. The highest BCUT2D eigenvalue weighted by molar-refractivity contribution is 6.09. The third-order valence-electron chi connectivity index (χ3n) is 6.00. The minimum absolute atomic E-state index is 0.165. The molecule has 10 nitrogen and oxygen atoms in total. The Morgan fingerprint density at radius 2 is 2.00 bits per heavy atom. The fourth-order valence-corrected chi connectivity index (χ4v) is 4.42. The van der Waals surface area contributed by atoms with Crippen LogP contribution in [0.5, 0.6) is 0 Å². The molecule has 11 heteroatoms. The van der Waals surface area contributed by atoms with E-state index in [0.717, 1.165) is 0 Å². The third-order valence-corrected chi connectivity index (χ3v) is 6.00. The van der Waals surface area contributed by atoms with E-state index in [-0.39, 0.29) is 36.5 Å². The van der Waals surface area contributed by atoms with Gasteiger partial charge in [0.25, 0.3) is 5.91 Å². The highest BCUT2D eigenvalue weighted by Crippen LogP contribution is 2.32. The van der Waals surface area contributed by atoms with Crippen LogP contribution in [-0.2, 0) is 25.7 Å². The molecule has 188 valence electrons. The number of halogens is 1. The molecule has 0 spiro atoms. The summed E-state index contributed by atoms with van der Waals surface area (Å²) in [4.78, 5) is 56.2. The molecule has 3 aromatic rings. The van der Waals surface area contributed by atoms with E-state index in [1.807, 2.05) is 6.92 Å². The summed E-state index contributed by atoms with van der Waals surface area (Å²) < 4.78 is 21.1. The number of rotatable bonds is 6. The average Bonchev–Trinajstić information content (AvgIpc) is 3.22. The Morgan fingerprint density at radius 1 is 1.25 bits per heavy atom. The zero-order valence-corrected chi connectivity index (χ0v) is 20.1. The average molecular weight is 496 g/mol. The number of fused-ring (bicyclic) bond motifs is 1. The van der Waals surface area contributed by atoms with Crippen LogP contribution in [0.1, 0.15) is 30.6 Å². The summed E-state index contributed by atoms with van der Waals surface area (Å²) in [5.41, 5.74) is 1.55. The molecule has 0 radical (unpaired) electrons. The highest BCUT2D eigenvalue weighted by atomic mass is 19.1. The van der Waals surface area contributed by atoms with Crippen molar-refractivity contribution in [2.45, 2.75) is 32.9 Å². The minimum Gasteiger partial charge on any atom is -0.469 e. The van der Waals surface area contributed by atoms with Crippen LogP contribution in [0.2, 0.25) is 0 Å². The van der Waals surface area contributed by atoms with Gasteiger partial charge < -0.3 is 24.8 Å². The SMILES string of the molecule is CCn1c(-c2ccccc2F)nc2cc(NC(C)=O)cc(C(=O)N3CCNC(=O)[C@H]3CC(=O)OC)c21. The second-order valence-electron chi connectivity index (χ2n) is 8.32. The molecule has 0 unspecified atom stereocenters. The standard InChI is InChI=1S/C25H26FN5O5/c1-4-30-22-17(25(35)31-10-9-27-24(34)20(31)13-21(33)36-3)11-15(28-14(2)32)12-19(22)29-23(30)16-7-5-6-8-18(16)26/h5-8,11-12,20H,4,9-10,13H2,1-3H3,(H,27,34)(H,28,32)/t20-/m1/s1. The van der Waals surface area contributed by atoms with E-state index in [1.54, 1.807) is 28.8 Å². The van der Waals surface area contributed by atoms with Crippen molar-refractivity contribution >= 4 is 40.4 Å². The van der Waals surface area contributed by atoms with Gasteiger partial charge in [0, 0.05) is 32.2 Å². The lowest BCUT2D eigenvalue weighted by molar-refractivity contribution is -0.145. The number of hydrogen-bond acceptors (Lipinski definition) is 6. The van der Waals surface area contributed by atoms with E-state index in [2.05, 4.69) is 15.6 Å². The number of piperazine rings is 1. The van der Waals surface area contributed by atoms with Gasteiger partial charge in [0.05, 0.1) is 35.7 Å². The van der Waals surface area contributed by atoms with Crippen molar-refractivity contribution in [3.05, 3.63) is 47.8 Å². The van der Waals surface area contributed by atoms with Crippen LogP contribution in [0.15, 0.2) is 36.4 Å². The number of carbonyl (C=O) groups is 4. The van der Waals surface area contributed by atoms with Gasteiger partial charge in [-0.25, -0.2) is 9.37 Å². The first-order chi connectivity index (χ1) is 17.2. The number of methoxy groups -OCH3 is 1. The van der Waals surface area contributed by atoms with Gasteiger partial charge in [-0.15, -0.1) is 0 Å². The second kappa shape index (κ2) is 10.1. The van der Waals surface area contributed by atoms with E-state index in [1.165, 1.54) is 31.1 Å². The maximum absolute atomic E-state index is 14.7. The normalized spacial score (nSPS) is 15.5. The van der Waals surface area contributed by atoms with Crippen molar-refractivity contribution in [1.82, 2.24) is 19.8 Å². The number of aromatic nitrogens is 2. The van der Waals surface area contributed by atoms with E-state index >= 15 is 0 Å². The van der Waals surface area contributed by atoms with Gasteiger partial charge in [-0.05, 0) is 31.2 Å². The number of hydrogen-bond donors (Lipinski definition) is 2. The Morgan fingerprint density at radius 3 is 2.67 bits per heavy atom. The van der Waals surface area contributed by atoms with E-state index < -0.39 is 29.6 Å². The number of imidazole rings is 1. The Balaban J connectivity index is 1.91. The molecular weight excluding hydrogens is 469 g/mol. The zero-order valence-electron chi connectivity index (χ0n) is 20.1. The lowest BCUT2D eigenvalue weighted by atomic mass is 10.0. The van der Waals surface area contributed by atoms with Crippen LogP contribution in [-0.4, -0.2) is 64.4 Å². The molecule has 1 aliphatic heterocycles. The Kier molecular flexibility index (Phi) is 7.00. The number of nitrogens with zero attached hydrogens (tertiary/aromatic N) is 3. The lowest BCUT2D eigenvalue weighted by Crippen LogP contribution is -2.57. The van der Waals surface area contributed by atoms with Crippen molar-refractivity contribution in [2.75, 3.05) is 25.5 Å². The van der Waals surface area contributed by atoms with Crippen LogP contribution in [0, 0.1) is 5.82 Å². The van der Waals surface area contributed by atoms with Gasteiger partial charge >= 0.3 is 5.97 Å². The molecule has 1 aliphatic rings. The van der Waals surface area contributed by atoms with Gasteiger partial charge in [-0.3, -0.25) is 19.2 Å². The van der Waals surface area contributed by atoms with Crippen LogP contribution >= 0.6 is 0 Å².